The summed E-state index contributed by atoms with van der Waals surface area (Å²) in [7, 11) is 0. The first kappa shape index (κ1) is 11.3. The Balaban J connectivity index is 2.23. The minimum atomic E-state index is 0.579. The molecule has 4 nitrogen and oxygen atoms in total. The maximum Gasteiger partial charge on any atom is 0.200 e. The van der Waals surface area contributed by atoms with Crippen LogP contribution in [0.4, 0.5) is 0 Å². The fraction of sp³-hybridized carbons (Fsp3) is 0. The Labute approximate surface area is 119 Å². The molecule has 4 rings (SSSR count). The molecule has 0 radical (unpaired) electrons. The first-order valence-corrected chi connectivity index (χ1v) is 6.67. The van der Waals surface area contributed by atoms with Crippen molar-refractivity contribution in [2.75, 3.05) is 0 Å². The highest BCUT2D eigenvalue weighted by molar-refractivity contribution is 7.71. The number of para-hydroxylation sites is 2. The van der Waals surface area contributed by atoms with Crippen LogP contribution in [0.3, 0.4) is 0 Å². The molecule has 2 heterocycles. The quantitative estimate of drug-likeness (QED) is 0.541. The second kappa shape index (κ2) is 4.25. The number of hydrogen-bond acceptors (Lipinski definition) is 3. The Morgan fingerprint density at radius 1 is 0.950 bits per heavy atom. The number of fused-ring (bicyclic) bond motifs is 3. The van der Waals surface area contributed by atoms with Crippen LogP contribution >= 0.6 is 12.2 Å². The molecular weight excluding hydrogens is 268 g/mol. The molecule has 20 heavy (non-hydrogen) atoms. The van der Waals surface area contributed by atoms with Crippen molar-refractivity contribution in [1.29, 1.82) is 0 Å². The smallest absolute Gasteiger partial charge is 0.200 e. The summed E-state index contributed by atoms with van der Waals surface area (Å²) in [5.41, 5.74) is 4.46. The van der Waals surface area contributed by atoms with Crippen LogP contribution in [0.1, 0.15) is 0 Å². The van der Waals surface area contributed by atoms with Crippen molar-refractivity contribution < 1.29 is 0 Å². The van der Waals surface area contributed by atoms with Gasteiger partial charge in [-0.3, -0.25) is 9.50 Å². The van der Waals surface area contributed by atoms with Crippen molar-refractivity contribution in [3.8, 4) is 11.3 Å². The fourth-order valence-corrected chi connectivity index (χ4v) is 2.62. The van der Waals surface area contributed by atoms with Gasteiger partial charge in [-0.2, -0.15) is 5.10 Å². The standard InChI is InChI=1S/C15H10N4S/c20-15-18-17-14-13(10-6-2-1-3-7-10)16-11-8-4-5-9-12(11)19(14)15/h1-9H,(H,18,20). The molecular formula is C15H10N4S. The molecule has 0 saturated carbocycles. The summed E-state index contributed by atoms with van der Waals surface area (Å²) in [5, 5.41) is 7.18. The van der Waals surface area contributed by atoms with Gasteiger partial charge in [0.1, 0.15) is 5.69 Å². The minimum absolute atomic E-state index is 0.579. The van der Waals surface area contributed by atoms with E-state index < -0.39 is 0 Å². The molecule has 1 N–H and O–H groups in total. The third kappa shape index (κ3) is 1.57. The van der Waals surface area contributed by atoms with Crippen molar-refractivity contribution in [1.82, 2.24) is 19.6 Å². The highest BCUT2D eigenvalue weighted by atomic mass is 32.1. The summed E-state index contributed by atoms with van der Waals surface area (Å²) >= 11 is 5.34. The molecule has 2 aromatic heterocycles. The van der Waals surface area contributed by atoms with Crippen molar-refractivity contribution in [2.24, 2.45) is 0 Å². The van der Waals surface area contributed by atoms with E-state index >= 15 is 0 Å². The molecule has 4 aromatic rings. The van der Waals surface area contributed by atoms with E-state index in [1.807, 2.05) is 59.0 Å². The SMILES string of the molecule is S=c1[nH]nc2c(-c3ccccc3)nc3ccccc3n12. The molecule has 0 fully saturated rings. The summed E-state index contributed by atoms with van der Waals surface area (Å²) in [6.07, 6.45) is 0. The first-order chi connectivity index (χ1) is 9.84. The normalized spacial score (nSPS) is 11.2. The number of nitrogens with zero attached hydrogens (tertiary/aromatic N) is 3. The molecule has 0 bridgehead atoms. The van der Waals surface area contributed by atoms with Gasteiger partial charge in [0.15, 0.2) is 10.4 Å². The van der Waals surface area contributed by atoms with Crippen LogP contribution < -0.4 is 0 Å². The average Bonchev–Trinajstić information content (AvgIpc) is 2.90. The molecule has 0 aliphatic heterocycles. The Hall–Kier alpha value is -2.53. The van der Waals surface area contributed by atoms with Crippen LogP contribution in [-0.2, 0) is 0 Å². The van der Waals surface area contributed by atoms with Crippen LogP contribution in [0.25, 0.3) is 27.9 Å². The monoisotopic (exact) mass is 278 g/mol. The number of benzene rings is 2. The predicted molar refractivity (Wildman–Crippen MR) is 81.1 cm³/mol. The zero-order chi connectivity index (χ0) is 13.5. The summed E-state index contributed by atoms with van der Waals surface area (Å²) in [4.78, 5) is 4.74. The van der Waals surface area contributed by atoms with Crippen LogP contribution in [-0.4, -0.2) is 19.6 Å². The number of nitrogens with one attached hydrogen (secondary N) is 1. The van der Waals surface area contributed by atoms with Crippen LogP contribution in [0.5, 0.6) is 0 Å². The van der Waals surface area contributed by atoms with E-state index in [-0.39, 0.29) is 0 Å². The van der Waals surface area contributed by atoms with Crippen LogP contribution in [0, 0.1) is 4.77 Å². The first-order valence-electron chi connectivity index (χ1n) is 6.26. The summed E-state index contributed by atoms with van der Waals surface area (Å²) < 4.78 is 2.51. The summed E-state index contributed by atoms with van der Waals surface area (Å²) in [6, 6.07) is 17.9. The number of aromatic amines is 1. The number of aromatic nitrogens is 4. The third-order valence-corrected chi connectivity index (χ3v) is 3.56. The van der Waals surface area contributed by atoms with E-state index in [1.54, 1.807) is 0 Å². The Morgan fingerprint density at radius 2 is 1.70 bits per heavy atom. The summed E-state index contributed by atoms with van der Waals surface area (Å²) in [6.45, 7) is 0. The van der Waals surface area contributed by atoms with Gasteiger partial charge in [0.25, 0.3) is 0 Å². The molecule has 2 aromatic carbocycles. The number of rotatable bonds is 1. The highest BCUT2D eigenvalue weighted by Gasteiger charge is 2.12. The Kier molecular flexibility index (Phi) is 2.40. The minimum Gasteiger partial charge on any atom is -0.265 e. The van der Waals surface area contributed by atoms with Crippen molar-refractivity contribution in [3.05, 3.63) is 59.4 Å². The van der Waals surface area contributed by atoms with Gasteiger partial charge in [0.05, 0.1) is 11.0 Å². The van der Waals surface area contributed by atoms with Crippen LogP contribution in [0.15, 0.2) is 54.6 Å². The molecule has 0 atom stereocenters. The lowest BCUT2D eigenvalue weighted by atomic mass is 10.1. The molecule has 5 heteroatoms. The second-order valence-electron chi connectivity index (χ2n) is 4.50. The largest absolute Gasteiger partial charge is 0.265 e. The van der Waals surface area contributed by atoms with Gasteiger partial charge >= 0.3 is 0 Å². The fourth-order valence-electron chi connectivity index (χ4n) is 2.39. The molecule has 0 amide bonds. The van der Waals surface area contributed by atoms with E-state index in [0.29, 0.717) is 4.77 Å². The maximum atomic E-state index is 5.34. The van der Waals surface area contributed by atoms with Gasteiger partial charge < -0.3 is 0 Å². The van der Waals surface area contributed by atoms with Gasteiger partial charge in [-0.05, 0) is 24.4 Å². The lowest BCUT2D eigenvalue weighted by Crippen LogP contribution is -1.95. The van der Waals surface area contributed by atoms with Gasteiger partial charge in [0, 0.05) is 5.56 Å². The average molecular weight is 278 g/mol. The third-order valence-electron chi connectivity index (χ3n) is 3.29. The van der Waals surface area contributed by atoms with Gasteiger partial charge in [-0.1, -0.05) is 42.5 Å². The van der Waals surface area contributed by atoms with Gasteiger partial charge in [-0.25, -0.2) is 4.98 Å². The lowest BCUT2D eigenvalue weighted by Gasteiger charge is -2.06. The van der Waals surface area contributed by atoms with E-state index in [1.165, 1.54) is 0 Å². The lowest BCUT2D eigenvalue weighted by molar-refractivity contribution is 1.09. The van der Waals surface area contributed by atoms with E-state index in [2.05, 4.69) is 10.2 Å². The maximum absolute atomic E-state index is 5.34. The van der Waals surface area contributed by atoms with Crippen LogP contribution in [0.2, 0.25) is 0 Å². The molecule has 96 valence electrons. The predicted octanol–water partition coefficient (Wildman–Crippen LogP) is 3.61. The molecule has 0 unspecified atom stereocenters. The van der Waals surface area contributed by atoms with Gasteiger partial charge in [0.2, 0.25) is 0 Å². The molecule has 0 saturated heterocycles. The van der Waals surface area contributed by atoms with Crippen molar-refractivity contribution >= 4 is 28.9 Å². The topological polar surface area (TPSA) is 46.0 Å². The number of H-pyrrole nitrogens is 1. The van der Waals surface area contributed by atoms with Gasteiger partial charge in [-0.15, -0.1) is 0 Å². The zero-order valence-electron chi connectivity index (χ0n) is 10.4. The van der Waals surface area contributed by atoms with E-state index in [0.717, 1.165) is 27.9 Å². The zero-order valence-corrected chi connectivity index (χ0v) is 11.3. The number of hydrogen-bond donors (Lipinski definition) is 1. The van der Waals surface area contributed by atoms with Crippen molar-refractivity contribution in [3.63, 3.8) is 0 Å². The molecule has 0 spiro atoms. The molecule has 0 aliphatic rings. The second-order valence-corrected chi connectivity index (χ2v) is 4.89. The Bertz CT molecular complexity index is 969. The summed E-state index contributed by atoms with van der Waals surface area (Å²) in [5.74, 6) is 0. The van der Waals surface area contributed by atoms with Crippen molar-refractivity contribution in [2.45, 2.75) is 0 Å². The van der Waals surface area contributed by atoms with E-state index in [4.69, 9.17) is 17.2 Å². The highest BCUT2D eigenvalue weighted by Crippen LogP contribution is 2.25. The van der Waals surface area contributed by atoms with E-state index in [9.17, 15) is 0 Å². The Morgan fingerprint density at radius 3 is 2.55 bits per heavy atom. The molecule has 0 aliphatic carbocycles.